The average Bonchev–Trinajstić information content (AvgIpc) is 2.74. The lowest BCUT2D eigenvalue weighted by Crippen LogP contribution is -2.56. The third kappa shape index (κ3) is 7.45. The summed E-state index contributed by atoms with van der Waals surface area (Å²) >= 11 is 0. The van der Waals surface area contributed by atoms with Crippen LogP contribution in [-0.4, -0.2) is 85.1 Å². The number of ether oxygens (including phenoxy) is 1. The smallest absolute Gasteiger partial charge is 0.389 e. The first-order chi connectivity index (χ1) is 14.2. The molecule has 6 nitrogen and oxygen atoms in total. The van der Waals surface area contributed by atoms with Crippen molar-refractivity contribution >= 4 is 5.96 Å². The number of halogens is 3. The van der Waals surface area contributed by atoms with Crippen LogP contribution in [0.25, 0.3) is 0 Å². The Kier molecular flexibility index (Phi) is 9.38. The molecule has 0 amide bonds. The molecule has 1 saturated heterocycles. The predicted octanol–water partition coefficient (Wildman–Crippen LogP) is 2.66. The van der Waals surface area contributed by atoms with Crippen LogP contribution in [-0.2, 0) is 4.74 Å². The molecule has 0 spiro atoms. The predicted molar refractivity (Wildman–Crippen MR) is 111 cm³/mol. The van der Waals surface area contributed by atoms with Gasteiger partial charge < -0.3 is 20.1 Å². The van der Waals surface area contributed by atoms with Crippen LogP contribution in [0.2, 0.25) is 0 Å². The molecule has 3 unspecified atom stereocenters. The Morgan fingerprint density at radius 2 is 1.80 bits per heavy atom. The number of aliphatic hydroxyl groups is 1. The highest BCUT2D eigenvalue weighted by Gasteiger charge is 2.41. The Morgan fingerprint density at radius 1 is 1.17 bits per heavy atom. The minimum Gasteiger partial charge on any atom is -0.389 e. The van der Waals surface area contributed by atoms with Gasteiger partial charge in [0, 0.05) is 32.7 Å². The van der Waals surface area contributed by atoms with E-state index in [4.69, 9.17) is 4.74 Å². The molecule has 0 radical (unpaired) electrons. The SMILES string of the molecule is CCNC(=NCC(O)COC(C)c1ccccc1)N1CCN(C(C)C(F)(F)F)CC1. The van der Waals surface area contributed by atoms with Crippen LogP contribution in [0.15, 0.2) is 35.3 Å². The van der Waals surface area contributed by atoms with Gasteiger partial charge in [-0.3, -0.25) is 9.89 Å². The number of alkyl halides is 3. The highest BCUT2D eigenvalue weighted by atomic mass is 19.4. The van der Waals surface area contributed by atoms with Crippen molar-refractivity contribution in [1.82, 2.24) is 15.1 Å². The van der Waals surface area contributed by atoms with Gasteiger partial charge in [0.2, 0.25) is 0 Å². The number of aliphatic hydroxyl groups excluding tert-OH is 1. The van der Waals surface area contributed by atoms with E-state index in [-0.39, 0.29) is 19.3 Å². The number of guanidine groups is 1. The second kappa shape index (κ2) is 11.5. The standard InChI is InChI=1S/C21H33F3N4O2/c1-4-25-20(28-12-10-27(11-13-28)17(3)21(22,23)24)26-14-19(29)15-30-16(2)18-8-6-5-7-9-18/h5-9,16-17,19,29H,4,10-15H2,1-3H3,(H,25,26). The van der Waals surface area contributed by atoms with Crippen LogP contribution in [0, 0.1) is 0 Å². The second-order valence-corrected chi connectivity index (χ2v) is 7.48. The normalized spacial score (nSPS) is 19.4. The summed E-state index contributed by atoms with van der Waals surface area (Å²) in [5.41, 5.74) is 1.03. The lowest BCUT2D eigenvalue weighted by Gasteiger charge is -2.39. The van der Waals surface area contributed by atoms with E-state index in [0.29, 0.717) is 38.7 Å². The lowest BCUT2D eigenvalue weighted by atomic mass is 10.1. The molecule has 9 heteroatoms. The quantitative estimate of drug-likeness (QED) is 0.491. The van der Waals surface area contributed by atoms with Gasteiger partial charge >= 0.3 is 6.18 Å². The minimum absolute atomic E-state index is 0.137. The summed E-state index contributed by atoms with van der Waals surface area (Å²) in [6.45, 7) is 7.51. The molecule has 3 atom stereocenters. The molecule has 1 aromatic carbocycles. The molecule has 1 aliphatic rings. The molecule has 0 aromatic heterocycles. The third-order valence-electron chi connectivity index (χ3n) is 5.23. The zero-order valence-corrected chi connectivity index (χ0v) is 17.9. The summed E-state index contributed by atoms with van der Waals surface area (Å²) in [7, 11) is 0. The third-order valence-corrected chi connectivity index (χ3v) is 5.23. The van der Waals surface area contributed by atoms with E-state index in [0.717, 1.165) is 5.56 Å². The molecular formula is C21H33F3N4O2. The van der Waals surface area contributed by atoms with Crippen LogP contribution in [0.5, 0.6) is 0 Å². The maximum atomic E-state index is 12.9. The van der Waals surface area contributed by atoms with Crippen LogP contribution in [0.3, 0.4) is 0 Å². The molecule has 2 N–H and O–H groups in total. The molecule has 1 heterocycles. The molecule has 170 valence electrons. The molecule has 0 saturated carbocycles. The van der Waals surface area contributed by atoms with Gasteiger partial charge in [-0.2, -0.15) is 13.2 Å². The van der Waals surface area contributed by atoms with Crippen LogP contribution < -0.4 is 5.32 Å². The Balaban J connectivity index is 1.84. The Labute approximate surface area is 176 Å². The highest BCUT2D eigenvalue weighted by molar-refractivity contribution is 5.80. The summed E-state index contributed by atoms with van der Waals surface area (Å²) in [6, 6.07) is 8.30. The maximum Gasteiger partial charge on any atom is 0.403 e. The Bertz CT molecular complexity index is 649. The molecule has 0 bridgehead atoms. The topological polar surface area (TPSA) is 60.3 Å². The summed E-state index contributed by atoms with van der Waals surface area (Å²) in [5.74, 6) is 0.604. The first-order valence-electron chi connectivity index (χ1n) is 10.4. The zero-order valence-electron chi connectivity index (χ0n) is 17.9. The molecule has 2 rings (SSSR count). The number of piperazine rings is 1. The van der Waals surface area contributed by atoms with E-state index in [1.807, 2.05) is 49.1 Å². The fraction of sp³-hybridized carbons (Fsp3) is 0.667. The first kappa shape index (κ1) is 24.4. The largest absolute Gasteiger partial charge is 0.403 e. The number of aliphatic imine (C=N–C) groups is 1. The molecule has 0 aliphatic carbocycles. The van der Waals surface area contributed by atoms with Gasteiger partial charge in [-0.15, -0.1) is 0 Å². The van der Waals surface area contributed by atoms with E-state index in [9.17, 15) is 18.3 Å². The average molecular weight is 431 g/mol. The van der Waals surface area contributed by atoms with Gasteiger partial charge in [-0.05, 0) is 26.3 Å². The van der Waals surface area contributed by atoms with E-state index in [1.54, 1.807) is 0 Å². The van der Waals surface area contributed by atoms with Gasteiger partial charge in [-0.25, -0.2) is 0 Å². The van der Waals surface area contributed by atoms with Gasteiger partial charge in [0.15, 0.2) is 5.96 Å². The molecule has 1 fully saturated rings. The van der Waals surface area contributed by atoms with Crippen molar-refractivity contribution in [2.75, 3.05) is 45.9 Å². The number of nitrogens with zero attached hydrogens (tertiary/aromatic N) is 3. The lowest BCUT2D eigenvalue weighted by molar-refractivity contribution is -0.181. The van der Waals surface area contributed by atoms with Crippen molar-refractivity contribution < 1.29 is 23.0 Å². The number of hydrogen-bond acceptors (Lipinski definition) is 4. The van der Waals surface area contributed by atoms with E-state index < -0.39 is 18.3 Å². The molecular weight excluding hydrogens is 397 g/mol. The van der Waals surface area contributed by atoms with Crippen molar-refractivity contribution in [3.8, 4) is 0 Å². The summed E-state index contributed by atoms with van der Waals surface area (Å²) in [5, 5.41) is 13.4. The van der Waals surface area contributed by atoms with E-state index in [1.165, 1.54) is 11.8 Å². The van der Waals surface area contributed by atoms with Crippen molar-refractivity contribution in [3.05, 3.63) is 35.9 Å². The number of hydrogen-bond donors (Lipinski definition) is 2. The first-order valence-corrected chi connectivity index (χ1v) is 10.4. The van der Waals surface area contributed by atoms with Crippen molar-refractivity contribution in [2.24, 2.45) is 4.99 Å². The van der Waals surface area contributed by atoms with Crippen molar-refractivity contribution in [2.45, 2.75) is 45.2 Å². The monoisotopic (exact) mass is 430 g/mol. The molecule has 1 aromatic rings. The fourth-order valence-corrected chi connectivity index (χ4v) is 3.27. The summed E-state index contributed by atoms with van der Waals surface area (Å²) in [6.07, 6.45) is -5.12. The number of nitrogens with one attached hydrogen (secondary N) is 1. The summed E-state index contributed by atoms with van der Waals surface area (Å²) in [4.78, 5) is 7.84. The van der Waals surface area contributed by atoms with Crippen LogP contribution in [0.1, 0.15) is 32.4 Å². The van der Waals surface area contributed by atoms with Crippen LogP contribution in [0.4, 0.5) is 13.2 Å². The Hall–Kier alpha value is -1.84. The molecule has 1 aliphatic heterocycles. The van der Waals surface area contributed by atoms with Gasteiger partial charge in [0.05, 0.1) is 25.4 Å². The highest BCUT2D eigenvalue weighted by Crippen LogP contribution is 2.25. The zero-order chi connectivity index (χ0) is 22.1. The van der Waals surface area contributed by atoms with Crippen molar-refractivity contribution in [3.63, 3.8) is 0 Å². The van der Waals surface area contributed by atoms with Gasteiger partial charge in [0.1, 0.15) is 6.04 Å². The number of rotatable bonds is 8. The Morgan fingerprint density at radius 3 is 2.37 bits per heavy atom. The minimum atomic E-state index is -4.22. The molecule has 30 heavy (non-hydrogen) atoms. The maximum absolute atomic E-state index is 12.9. The van der Waals surface area contributed by atoms with Gasteiger partial charge in [-0.1, -0.05) is 30.3 Å². The van der Waals surface area contributed by atoms with Gasteiger partial charge in [0.25, 0.3) is 0 Å². The second-order valence-electron chi connectivity index (χ2n) is 7.48. The van der Waals surface area contributed by atoms with E-state index >= 15 is 0 Å². The van der Waals surface area contributed by atoms with Crippen LogP contribution >= 0.6 is 0 Å². The summed E-state index contributed by atoms with van der Waals surface area (Å²) < 4.78 is 44.5. The fourth-order valence-electron chi connectivity index (χ4n) is 3.27. The van der Waals surface area contributed by atoms with E-state index in [2.05, 4.69) is 10.3 Å². The number of benzene rings is 1. The van der Waals surface area contributed by atoms with Crippen molar-refractivity contribution in [1.29, 1.82) is 0 Å².